The number of hydrogen-bond acceptors (Lipinski definition) is 5. The highest BCUT2D eigenvalue weighted by atomic mass is 16.5. The molecule has 0 fully saturated rings. The molecule has 26 heavy (non-hydrogen) atoms. The third-order valence-electron chi connectivity index (χ3n) is 4.24. The molecular weight excluding hydrogens is 334 g/mol. The number of hydrogen-bond donors (Lipinski definition) is 1. The number of aromatic nitrogens is 3. The Labute approximate surface area is 147 Å². The van der Waals surface area contributed by atoms with Gasteiger partial charge in [0, 0.05) is 34.8 Å². The van der Waals surface area contributed by atoms with Crippen LogP contribution in [0.4, 0.5) is 0 Å². The fraction of sp³-hybridized carbons (Fsp3) is 0.105. The monoisotopic (exact) mass is 349 g/mol. The van der Waals surface area contributed by atoms with E-state index in [1.807, 2.05) is 47.2 Å². The van der Waals surface area contributed by atoms with Crippen molar-refractivity contribution in [3.63, 3.8) is 0 Å². The average Bonchev–Trinajstić information content (AvgIpc) is 3.25. The molecule has 0 spiro atoms. The Morgan fingerprint density at radius 2 is 2.15 bits per heavy atom. The first-order valence-corrected chi connectivity index (χ1v) is 7.95. The van der Waals surface area contributed by atoms with E-state index in [2.05, 4.69) is 14.7 Å². The van der Waals surface area contributed by atoms with Crippen molar-refractivity contribution < 1.29 is 14.1 Å². The van der Waals surface area contributed by atoms with Gasteiger partial charge in [0.15, 0.2) is 12.1 Å². The zero-order valence-electron chi connectivity index (χ0n) is 13.9. The molecule has 7 nitrogen and oxygen atoms in total. The van der Waals surface area contributed by atoms with Gasteiger partial charge in [-0.25, -0.2) is 4.79 Å². The van der Waals surface area contributed by atoms with E-state index in [0.717, 1.165) is 28.5 Å². The smallest absolute Gasteiger partial charge is 0.439 e. The maximum atomic E-state index is 11.4. The van der Waals surface area contributed by atoms with Crippen LogP contribution in [0.3, 0.4) is 0 Å². The lowest BCUT2D eigenvalue weighted by Gasteiger charge is -2.08. The van der Waals surface area contributed by atoms with Crippen molar-refractivity contribution in [2.45, 2.75) is 6.54 Å². The van der Waals surface area contributed by atoms with Crippen LogP contribution in [0.25, 0.3) is 22.3 Å². The second kappa shape index (κ2) is 6.36. The number of benzene rings is 2. The highest BCUT2D eigenvalue weighted by Gasteiger charge is 2.12. The Morgan fingerprint density at radius 1 is 1.27 bits per heavy atom. The van der Waals surface area contributed by atoms with Gasteiger partial charge >= 0.3 is 5.76 Å². The Kier molecular flexibility index (Phi) is 3.89. The van der Waals surface area contributed by atoms with Crippen LogP contribution in [0.5, 0.6) is 5.75 Å². The van der Waals surface area contributed by atoms with E-state index in [1.54, 1.807) is 13.2 Å². The predicted octanol–water partition coefficient (Wildman–Crippen LogP) is 2.85. The normalized spacial score (nSPS) is 11.0. The van der Waals surface area contributed by atoms with Crippen molar-refractivity contribution >= 4 is 17.2 Å². The lowest BCUT2D eigenvalue weighted by atomic mass is 10.1. The number of aldehydes is 1. The van der Waals surface area contributed by atoms with Crippen molar-refractivity contribution in [1.82, 2.24) is 14.7 Å². The van der Waals surface area contributed by atoms with E-state index >= 15 is 0 Å². The summed E-state index contributed by atoms with van der Waals surface area (Å²) in [7, 11) is 1.62. The quantitative estimate of drug-likeness (QED) is 0.560. The molecule has 0 bridgehead atoms. The molecule has 2 heterocycles. The number of carbonyl (C=O) groups excluding carboxylic acids is 1. The van der Waals surface area contributed by atoms with Crippen molar-refractivity contribution in [2.24, 2.45) is 0 Å². The number of rotatable bonds is 5. The van der Waals surface area contributed by atoms with Gasteiger partial charge in [-0.05, 0) is 23.8 Å². The van der Waals surface area contributed by atoms with Gasteiger partial charge in [-0.2, -0.15) is 0 Å². The maximum Gasteiger partial charge on any atom is 0.439 e. The number of aromatic amines is 1. The number of methoxy groups -OCH3 is 1. The average molecular weight is 349 g/mol. The molecule has 0 aliphatic carbocycles. The van der Waals surface area contributed by atoms with Crippen LogP contribution in [-0.2, 0) is 6.54 Å². The minimum atomic E-state index is -0.611. The fourth-order valence-electron chi connectivity index (χ4n) is 3.01. The molecule has 0 unspecified atom stereocenters. The molecule has 0 aliphatic rings. The summed E-state index contributed by atoms with van der Waals surface area (Å²) < 4.78 is 11.8. The van der Waals surface area contributed by atoms with Crippen LogP contribution >= 0.6 is 0 Å². The number of H-pyrrole nitrogens is 1. The molecule has 1 N–H and O–H groups in total. The SMILES string of the molecule is COc1cccc(Cn2cc(C=O)c3ccc(-c4noc(=O)[nH]4)cc32)c1. The number of ether oxygens (including phenoxy) is 1. The Bertz CT molecular complexity index is 1150. The number of nitrogens with one attached hydrogen (secondary N) is 1. The third-order valence-corrected chi connectivity index (χ3v) is 4.24. The lowest BCUT2D eigenvalue weighted by Crippen LogP contribution is -1.99. The van der Waals surface area contributed by atoms with Gasteiger partial charge in [0.25, 0.3) is 0 Å². The van der Waals surface area contributed by atoms with Crippen molar-refractivity contribution in [1.29, 1.82) is 0 Å². The van der Waals surface area contributed by atoms with E-state index in [-0.39, 0.29) is 0 Å². The highest BCUT2D eigenvalue weighted by Crippen LogP contribution is 2.26. The second-order valence-corrected chi connectivity index (χ2v) is 5.86. The molecule has 2 aromatic carbocycles. The Hall–Kier alpha value is -3.61. The van der Waals surface area contributed by atoms with Crippen LogP contribution in [0.1, 0.15) is 15.9 Å². The van der Waals surface area contributed by atoms with Gasteiger partial charge in [-0.3, -0.25) is 14.3 Å². The first-order chi connectivity index (χ1) is 12.7. The molecule has 130 valence electrons. The summed E-state index contributed by atoms with van der Waals surface area (Å²) in [5, 5.41) is 4.55. The van der Waals surface area contributed by atoms with E-state index in [1.165, 1.54) is 0 Å². The van der Waals surface area contributed by atoms with Crippen LogP contribution < -0.4 is 10.5 Å². The zero-order chi connectivity index (χ0) is 18.1. The van der Waals surface area contributed by atoms with Crippen molar-refractivity contribution in [3.05, 3.63) is 70.3 Å². The van der Waals surface area contributed by atoms with E-state index < -0.39 is 5.76 Å². The molecule has 0 saturated heterocycles. The molecule has 0 amide bonds. The van der Waals surface area contributed by atoms with Gasteiger partial charge < -0.3 is 9.30 Å². The molecule has 4 rings (SSSR count). The van der Waals surface area contributed by atoms with Gasteiger partial charge in [0.2, 0.25) is 0 Å². The van der Waals surface area contributed by atoms with Gasteiger partial charge in [0.1, 0.15) is 5.75 Å². The summed E-state index contributed by atoms with van der Waals surface area (Å²) in [5.41, 5.74) is 3.20. The third kappa shape index (κ3) is 2.79. The van der Waals surface area contributed by atoms with Crippen LogP contribution in [-0.4, -0.2) is 28.1 Å². The minimum Gasteiger partial charge on any atom is -0.497 e. The van der Waals surface area contributed by atoms with Gasteiger partial charge in [-0.15, -0.1) is 0 Å². The molecule has 0 aliphatic heterocycles. The van der Waals surface area contributed by atoms with Crippen LogP contribution in [0.2, 0.25) is 0 Å². The molecule has 2 aromatic heterocycles. The standard InChI is InChI=1S/C19H15N3O4/c1-25-15-4-2-3-12(7-15)9-22-10-14(11-23)16-6-5-13(8-17(16)22)18-20-19(24)26-21-18/h2-8,10-11H,9H2,1H3,(H,20,21,24). The molecule has 0 radical (unpaired) electrons. The second-order valence-electron chi connectivity index (χ2n) is 5.86. The lowest BCUT2D eigenvalue weighted by molar-refractivity contribution is 0.112. The predicted molar refractivity (Wildman–Crippen MR) is 95.5 cm³/mol. The molecule has 7 heteroatoms. The molecule has 4 aromatic rings. The molecular formula is C19H15N3O4. The summed E-state index contributed by atoms with van der Waals surface area (Å²) in [5.74, 6) is 0.509. The molecule has 0 atom stereocenters. The molecule has 0 saturated carbocycles. The zero-order valence-corrected chi connectivity index (χ0v) is 13.9. The van der Waals surface area contributed by atoms with Crippen LogP contribution in [0, 0.1) is 0 Å². The summed E-state index contributed by atoms with van der Waals surface area (Å²) in [6, 6.07) is 13.2. The largest absolute Gasteiger partial charge is 0.497 e. The van der Waals surface area contributed by atoms with Gasteiger partial charge in [-0.1, -0.05) is 29.4 Å². The highest BCUT2D eigenvalue weighted by molar-refractivity contribution is 5.99. The van der Waals surface area contributed by atoms with E-state index in [4.69, 9.17) is 4.74 Å². The number of nitrogens with zero attached hydrogens (tertiary/aromatic N) is 2. The summed E-state index contributed by atoms with van der Waals surface area (Å²) in [6.07, 6.45) is 2.65. The van der Waals surface area contributed by atoms with Crippen molar-refractivity contribution in [3.8, 4) is 17.1 Å². The van der Waals surface area contributed by atoms with E-state index in [0.29, 0.717) is 23.5 Å². The summed E-state index contributed by atoms with van der Waals surface area (Å²) in [4.78, 5) is 25.2. The van der Waals surface area contributed by atoms with Crippen molar-refractivity contribution in [2.75, 3.05) is 7.11 Å². The minimum absolute atomic E-state index is 0.346. The summed E-state index contributed by atoms with van der Waals surface area (Å²) in [6.45, 7) is 0.570. The van der Waals surface area contributed by atoms with Gasteiger partial charge in [0.05, 0.1) is 7.11 Å². The Balaban J connectivity index is 1.82. The Morgan fingerprint density at radius 3 is 2.88 bits per heavy atom. The van der Waals surface area contributed by atoms with Crippen LogP contribution in [0.15, 0.2) is 58.0 Å². The summed E-state index contributed by atoms with van der Waals surface area (Å²) >= 11 is 0. The maximum absolute atomic E-state index is 11.4. The topological polar surface area (TPSA) is 90.1 Å². The first-order valence-electron chi connectivity index (χ1n) is 7.95. The number of carbonyl (C=O) groups is 1. The number of fused-ring (bicyclic) bond motifs is 1. The fourth-order valence-corrected chi connectivity index (χ4v) is 3.01. The van der Waals surface area contributed by atoms with E-state index in [9.17, 15) is 9.59 Å². The first kappa shape index (κ1) is 15.9.